The van der Waals surface area contributed by atoms with Crippen LogP contribution < -0.4 is 16.0 Å². The van der Waals surface area contributed by atoms with Crippen molar-refractivity contribution < 1.29 is 47.3 Å². The lowest BCUT2D eigenvalue weighted by atomic mass is 9.98. The molecule has 6 N–H and O–H groups in total. The van der Waals surface area contributed by atoms with Gasteiger partial charge in [0.25, 0.3) is 0 Å². The van der Waals surface area contributed by atoms with Crippen molar-refractivity contribution in [3.8, 4) is 11.1 Å². The van der Waals surface area contributed by atoms with Crippen LogP contribution >= 0.6 is 0 Å². The fourth-order valence-corrected chi connectivity index (χ4v) is 5.77. The number of carboxylic acids is 2. The van der Waals surface area contributed by atoms with Gasteiger partial charge in [0.05, 0.1) is 18.8 Å². The molecule has 48 heavy (non-hydrogen) atoms. The molecule has 3 aromatic rings. The number of rotatable bonds is 16. The van der Waals surface area contributed by atoms with E-state index in [0.29, 0.717) is 5.69 Å². The van der Waals surface area contributed by atoms with Gasteiger partial charge in [-0.25, -0.2) is 18.2 Å². The number of benzene rings is 2. The van der Waals surface area contributed by atoms with Gasteiger partial charge >= 0.3 is 18.0 Å². The fraction of sp³-hybridized carbons (Fsp3) is 0.312. The molecule has 0 bridgehead atoms. The third-order valence-corrected chi connectivity index (χ3v) is 8.14. The molecule has 0 radical (unpaired) electrons. The first kappa shape index (κ1) is 35.3. The Bertz CT molecular complexity index is 1750. The lowest BCUT2D eigenvalue weighted by molar-refractivity contribution is -0.139. The Kier molecular flexibility index (Phi) is 11.7. The highest BCUT2D eigenvalue weighted by Crippen LogP contribution is 2.44. The van der Waals surface area contributed by atoms with Gasteiger partial charge in [0, 0.05) is 42.3 Å². The molecule has 0 aliphatic heterocycles. The van der Waals surface area contributed by atoms with E-state index in [9.17, 15) is 42.6 Å². The van der Waals surface area contributed by atoms with Crippen LogP contribution in [0.4, 0.5) is 4.79 Å². The zero-order chi connectivity index (χ0) is 34.8. The highest BCUT2D eigenvalue weighted by Gasteiger charge is 2.32. The topological polar surface area (TPSA) is 234 Å². The summed E-state index contributed by atoms with van der Waals surface area (Å²) < 4.78 is 28.7. The molecule has 0 unspecified atom stereocenters. The Morgan fingerprint density at radius 3 is 2.10 bits per heavy atom. The number of amides is 3. The summed E-state index contributed by atoms with van der Waals surface area (Å²) in [5.74, 6) is -4.62. The standard InChI is InChI=1S/C32H35N5O10S/c1-48(45,46)13-12-19(15-29(40)41)35-31(43)27(14-20-16-33-18-34-20)36-30(42)26(10-11-28(38)39)37-32(44)47-17-25-23-8-4-2-6-21(23)22-7-3-5-9-24(22)25/h2-9,12-13,16,18-19,25-27H,10-11,14-15,17H2,1H3,(H,33,34)(H,35,43)(H,36,42)(H,37,44)(H,38,39)(H,40,41)/b13-12+/t19-,26+,27-/m1/s1. The largest absolute Gasteiger partial charge is 0.481 e. The van der Waals surface area contributed by atoms with Crippen LogP contribution in [0.25, 0.3) is 11.1 Å². The molecule has 0 fully saturated rings. The Balaban J connectivity index is 1.48. The SMILES string of the molecule is CS(=O)(=O)/C=C/[C@H](CC(=O)O)NC(=O)[C@@H](Cc1cnc[nH]1)NC(=O)[C@H](CCC(=O)O)NC(=O)OCC1c2ccccc2-c2ccccc21. The molecule has 254 valence electrons. The predicted molar refractivity (Wildman–Crippen MR) is 171 cm³/mol. The Morgan fingerprint density at radius 2 is 1.54 bits per heavy atom. The van der Waals surface area contributed by atoms with Crippen LogP contribution in [0.1, 0.15) is 42.0 Å². The molecule has 0 spiro atoms. The van der Waals surface area contributed by atoms with Gasteiger partial charge in [-0.15, -0.1) is 0 Å². The third kappa shape index (κ3) is 9.99. The number of carbonyl (C=O) groups excluding carboxylic acids is 3. The van der Waals surface area contributed by atoms with Gasteiger partial charge in [-0.1, -0.05) is 54.6 Å². The number of ether oxygens (including phenoxy) is 1. The van der Waals surface area contributed by atoms with Crippen LogP contribution in [0.3, 0.4) is 0 Å². The smallest absolute Gasteiger partial charge is 0.407 e. The summed E-state index contributed by atoms with van der Waals surface area (Å²) in [6, 6.07) is 11.3. The summed E-state index contributed by atoms with van der Waals surface area (Å²) in [7, 11) is -3.65. The van der Waals surface area contributed by atoms with Crippen molar-refractivity contribution in [2.24, 2.45) is 0 Å². The number of hydrogen-bond acceptors (Lipinski definition) is 9. The molecule has 1 aliphatic rings. The van der Waals surface area contributed by atoms with E-state index in [1.807, 2.05) is 48.5 Å². The molecule has 3 atom stereocenters. The average molecular weight is 682 g/mol. The van der Waals surface area contributed by atoms with Gasteiger partial charge in [-0.2, -0.15) is 0 Å². The summed E-state index contributed by atoms with van der Waals surface area (Å²) >= 11 is 0. The van der Waals surface area contributed by atoms with Crippen LogP contribution in [0.2, 0.25) is 0 Å². The Labute approximate surface area is 275 Å². The van der Waals surface area contributed by atoms with E-state index in [4.69, 9.17) is 4.74 Å². The Hall–Kier alpha value is -5.51. The molecule has 0 saturated carbocycles. The number of H-pyrrole nitrogens is 1. The summed E-state index contributed by atoms with van der Waals surface area (Å²) in [5.41, 5.74) is 4.36. The van der Waals surface area contributed by atoms with Crippen LogP contribution in [-0.4, -0.2) is 89.4 Å². The molecule has 15 nitrogen and oxygen atoms in total. The van der Waals surface area contributed by atoms with E-state index >= 15 is 0 Å². The molecule has 2 aromatic carbocycles. The van der Waals surface area contributed by atoms with Crippen molar-refractivity contribution in [3.63, 3.8) is 0 Å². The van der Waals surface area contributed by atoms with Crippen molar-refractivity contribution in [2.45, 2.75) is 49.7 Å². The van der Waals surface area contributed by atoms with Gasteiger partial charge < -0.3 is 35.9 Å². The Morgan fingerprint density at radius 1 is 0.917 bits per heavy atom. The molecular weight excluding hydrogens is 646 g/mol. The lowest BCUT2D eigenvalue weighted by Gasteiger charge is -2.24. The predicted octanol–water partition coefficient (Wildman–Crippen LogP) is 1.73. The second kappa shape index (κ2) is 15.9. The average Bonchev–Trinajstić information content (AvgIpc) is 3.65. The minimum Gasteiger partial charge on any atom is -0.481 e. The first-order valence-corrected chi connectivity index (χ1v) is 16.8. The number of fused-ring (bicyclic) bond motifs is 3. The van der Waals surface area contributed by atoms with Gasteiger partial charge in [-0.3, -0.25) is 19.2 Å². The lowest BCUT2D eigenvalue weighted by Crippen LogP contribution is -2.55. The highest BCUT2D eigenvalue weighted by atomic mass is 32.2. The molecular formula is C32H35N5O10S. The molecule has 1 heterocycles. The number of aliphatic carboxylic acids is 2. The van der Waals surface area contributed by atoms with Crippen molar-refractivity contribution >= 4 is 39.7 Å². The van der Waals surface area contributed by atoms with Crippen molar-refractivity contribution in [1.82, 2.24) is 25.9 Å². The number of nitrogens with one attached hydrogen (secondary N) is 4. The van der Waals surface area contributed by atoms with E-state index in [2.05, 4.69) is 25.9 Å². The van der Waals surface area contributed by atoms with Gasteiger partial charge in [0.2, 0.25) is 11.8 Å². The number of sulfone groups is 1. The normalized spacial score (nSPS) is 14.3. The van der Waals surface area contributed by atoms with E-state index in [1.165, 1.54) is 12.5 Å². The molecule has 1 aliphatic carbocycles. The summed E-state index contributed by atoms with van der Waals surface area (Å²) in [6.45, 7) is -0.0655. The molecule has 16 heteroatoms. The van der Waals surface area contributed by atoms with E-state index < -0.39 is 70.7 Å². The molecule has 3 amide bonds. The van der Waals surface area contributed by atoms with Crippen LogP contribution in [0.5, 0.6) is 0 Å². The fourth-order valence-electron chi connectivity index (χ4n) is 5.29. The minimum absolute atomic E-state index is 0.0655. The molecule has 4 rings (SSSR count). The quantitative estimate of drug-likeness (QED) is 0.127. The minimum atomic E-state index is -3.65. The van der Waals surface area contributed by atoms with E-state index in [-0.39, 0.29) is 25.4 Å². The summed E-state index contributed by atoms with van der Waals surface area (Å²) in [5, 5.41) is 26.6. The first-order chi connectivity index (χ1) is 22.8. The van der Waals surface area contributed by atoms with Gasteiger partial charge in [0.15, 0.2) is 9.84 Å². The number of aromatic amines is 1. The number of imidazole rings is 1. The van der Waals surface area contributed by atoms with Gasteiger partial charge in [-0.05, 0) is 28.7 Å². The maximum Gasteiger partial charge on any atom is 0.407 e. The van der Waals surface area contributed by atoms with Crippen molar-refractivity contribution in [2.75, 3.05) is 12.9 Å². The number of carbonyl (C=O) groups is 5. The van der Waals surface area contributed by atoms with Crippen LogP contribution in [0.15, 0.2) is 72.5 Å². The van der Waals surface area contributed by atoms with Crippen LogP contribution in [0, 0.1) is 0 Å². The highest BCUT2D eigenvalue weighted by molar-refractivity contribution is 7.93. The number of nitrogens with zero attached hydrogens (tertiary/aromatic N) is 1. The maximum absolute atomic E-state index is 13.5. The molecule has 1 aromatic heterocycles. The number of aromatic nitrogens is 2. The molecule has 0 saturated heterocycles. The summed E-state index contributed by atoms with van der Waals surface area (Å²) in [6.07, 6.45) is 1.97. The number of alkyl carbamates (subject to hydrolysis) is 1. The number of hydrogen-bond donors (Lipinski definition) is 6. The monoisotopic (exact) mass is 681 g/mol. The zero-order valence-corrected chi connectivity index (χ0v) is 26.6. The van der Waals surface area contributed by atoms with E-state index in [0.717, 1.165) is 40.0 Å². The van der Waals surface area contributed by atoms with E-state index in [1.54, 1.807) is 0 Å². The van der Waals surface area contributed by atoms with Crippen molar-refractivity contribution in [3.05, 3.63) is 89.4 Å². The third-order valence-electron chi connectivity index (χ3n) is 7.49. The van der Waals surface area contributed by atoms with Gasteiger partial charge in [0.1, 0.15) is 18.7 Å². The van der Waals surface area contributed by atoms with Crippen LogP contribution in [-0.2, 0) is 40.2 Å². The summed E-state index contributed by atoms with van der Waals surface area (Å²) in [4.78, 5) is 69.2. The van der Waals surface area contributed by atoms with Crippen molar-refractivity contribution in [1.29, 1.82) is 0 Å². The first-order valence-electron chi connectivity index (χ1n) is 14.8. The zero-order valence-electron chi connectivity index (χ0n) is 25.8. The maximum atomic E-state index is 13.5. The second-order valence-corrected chi connectivity index (χ2v) is 13.1. The second-order valence-electron chi connectivity index (χ2n) is 11.2. The number of carboxylic acid groups (broad SMARTS) is 2.